The molecular formula is C14H22N2O2S. The first kappa shape index (κ1) is 15.9. The number of amides is 1. The Labute approximate surface area is 118 Å². The van der Waals surface area contributed by atoms with Crippen LogP contribution in [0.3, 0.4) is 0 Å². The Morgan fingerprint density at radius 2 is 2.16 bits per heavy atom. The highest BCUT2D eigenvalue weighted by Gasteiger charge is 2.24. The molecule has 0 aromatic heterocycles. The van der Waals surface area contributed by atoms with E-state index in [9.17, 15) is 4.79 Å². The molecule has 1 aromatic rings. The van der Waals surface area contributed by atoms with Crippen molar-refractivity contribution in [3.05, 3.63) is 24.3 Å². The summed E-state index contributed by atoms with van der Waals surface area (Å²) in [5, 5.41) is 0. The van der Waals surface area contributed by atoms with E-state index in [2.05, 4.69) is 6.07 Å². The minimum atomic E-state index is -0.888. The molecule has 0 saturated heterocycles. The zero-order chi connectivity index (χ0) is 14.3. The predicted octanol–water partition coefficient (Wildman–Crippen LogP) is 2.16. The monoisotopic (exact) mass is 282 g/mol. The van der Waals surface area contributed by atoms with Crippen LogP contribution >= 0.6 is 11.8 Å². The molecule has 0 aliphatic heterocycles. The van der Waals surface area contributed by atoms with Gasteiger partial charge in [-0.15, -0.1) is 11.8 Å². The molecule has 1 unspecified atom stereocenters. The zero-order valence-electron chi connectivity index (χ0n) is 11.5. The summed E-state index contributed by atoms with van der Waals surface area (Å²) in [6, 6.07) is 7.98. The van der Waals surface area contributed by atoms with Gasteiger partial charge < -0.3 is 16.2 Å². The summed E-state index contributed by atoms with van der Waals surface area (Å²) in [5.41, 5.74) is 10.1. The second kappa shape index (κ2) is 7.40. The number of hydrogen-bond donors (Lipinski definition) is 2. The molecule has 1 atom stereocenters. The maximum Gasteiger partial charge on any atom is 0.237 e. The first-order chi connectivity index (χ1) is 8.95. The lowest BCUT2D eigenvalue weighted by atomic mass is 9.96. The van der Waals surface area contributed by atoms with Crippen LogP contribution in [-0.2, 0) is 4.79 Å². The van der Waals surface area contributed by atoms with E-state index in [0.717, 1.165) is 24.3 Å². The third-order valence-electron chi connectivity index (χ3n) is 2.96. The number of ether oxygens (including phenoxy) is 1. The van der Waals surface area contributed by atoms with E-state index in [0.29, 0.717) is 6.42 Å². The Balaban J connectivity index is 2.26. The molecule has 1 rings (SSSR count). The molecule has 106 valence electrons. The molecule has 0 aliphatic rings. The molecule has 0 fully saturated rings. The van der Waals surface area contributed by atoms with Gasteiger partial charge in [-0.2, -0.15) is 0 Å². The van der Waals surface area contributed by atoms with Gasteiger partial charge in [-0.3, -0.25) is 4.79 Å². The third kappa shape index (κ3) is 5.53. The Morgan fingerprint density at radius 3 is 2.79 bits per heavy atom. The number of rotatable bonds is 8. The Bertz CT molecular complexity index is 422. The molecule has 0 heterocycles. The molecular weight excluding hydrogens is 260 g/mol. The fourth-order valence-electron chi connectivity index (χ4n) is 1.60. The molecule has 4 nitrogen and oxygen atoms in total. The largest absolute Gasteiger partial charge is 0.497 e. The number of carbonyl (C=O) groups is 1. The second-order valence-electron chi connectivity index (χ2n) is 4.77. The summed E-state index contributed by atoms with van der Waals surface area (Å²) in [5.74, 6) is 1.42. The van der Waals surface area contributed by atoms with E-state index in [1.165, 1.54) is 4.90 Å². The Morgan fingerprint density at radius 1 is 1.42 bits per heavy atom. The van der Waals surface area contributed by atoms with Crippen LogP contribution < -0.4 is 16.2 Å². The van der Waals surface area contributed by atoms with Gasteiger partial charge in [-0.05, 0) is 43.7 Å². The van der Waals surface area contributed by atoms with E-state index in [1.54, 1.807) is 25.8 Å². The highest BCUT2D eigenvalue weighted by molar-refractivity contribution is 7.99. The SMILES string of the molecule is COc1cccc(SCCCCC(C)(N)C(N)=O)c1. The van der Waals surface area contributed by atoms with Crippen LogP contribution in [0.1, 0.15) is 26.2 Å². The van der Waals surface area contributed by atoms with Gasteiger partial charge in [0, 0.05) is 4.90 Å². The summed E-state index contributed by atoms with van der Waals surface area (Å²) in [4.78, 5) is 12.2. The van der Waals surface area contributed by atoms with E-state index in [4.69, 9.17) is 16.2 Å². The maximum atomic E-state index is 11.1. The lowest BCUT2D eigenvalue weighted by Crippen LogP contribution is -2.49. The average Bonchev–Trinajstić information content (AvgIpc) is 2.38. The molecule has 5 heteroatoms. The first-order valence-corrected chi connectivity index (χ1v) is 7.30. The van der Waals surface area contributed by atoms with Gasteiger partial charge >= 0.3 is 0 Å². The lowest BCUT2D eigenvalue weighted by Gasteiger charge is -2.19. The molecule has 19 heavy (non-hydrogen) atoms. The van der Waals surface area contributed by atoms with Crippen molar-refractivity contribution < 1.29 is 9.53 Å². The second-order valence-corrected chi connectivity index (χ2v) is 5.93. The van der Waals surface area contributed by atoms with E-state index >= 15 is 0 Å². The van der Waals surface area contributed by atoms with Crippen molar-refractivity contribution in [3.63, 3.8) is 0 Å². The summed E-state index contributed by atoms with van der Waals surface area (Å²) in [6.45, 7) is 1.69. The molecule has 0 radical (unpaired) electrons. The highest BCUT2D eigenvalue weighted by Crippen LogP contribution is 2.24. The van der Waals surface area contributed by atoms with E-state index in [-0.39, 0.29) is 0 Å². The molecule has 0 bridgehead atoms. The van der Waals surface area contributed by atoms with Crippen molar-refractivity contribution in [2.75, 3.05) is 12.9 Å². The van der Waals surface area contributed by atoms with Crippen molar-refractivity contribution in [2.45, 2.75) is 36.6 Å². The molecule has 0 saturated carbocycles. The van der Waals surface area contributed by atoms with Gasteiger partial charge in [-0.1, -0.05) is 12.5 Å². The summed E-state index contributed by atoms with van der Waals surface area (Å²) in [7, 11) is 1.66. The number of unbranched alkanes of at least 4 members (excludes halogenated alkanes) is 1. The normalized spacial score (nSPS) is 13.8. The van der Waals surface area contributed by atoms with Gasteiger partial charge in [-0.25, -0.2) is 0 Å². The Kier molecular flexibility index (Phi) is 6.18. The minimum absolute atomic E-state index is 0.437. The third-order valence-corrected chi connectivity index (χ3v) is 4.04. The number of benzene rings is 1. The van der Waals surface area contributed by atoms with Crippen molar-refractivity contribution in [2.24, 2.45) is 11.5 Å². The fourth-order valence-corrected chi connectivity index (χ4v) is 2.56. The van der Waals surface area contributed by atoms with Gasteiger partial charge in [0.2, 0.25) is 5.91 Å². The predicted molar refractivity (Wildman–Crippen MR) is 79.4 cm³/mol. The fraction of sp³-hybridized carbons (Fsp3) is 0.500. The molecule has 0 spiro atoms. The molecule has 1 aromatic carbocycles. The lowest BCUT2D eigenvalue weighted by molar-refractivity contribution is -0.122. The summed E-state index contributed by atoms with van der Waals surface area (Å²) >= 11 is 1.77. The highest BCUT2D eigenvalue weighted by atomic mass is 32.2. The van der Waals surface area contributed by atoms with Crippen LogP contribution in [0.15, 0.2) is 29.2 Å². The first-order valence-electron chi connectivity index (χ1n) is 6.31. The van der Waals surface area contributed by atoms with Crippen LogP contribution in [0, 0.1) is 0 Å². The van der Waals surface area contributed by atoms with E-state index in [1.807, 2.05) is 18.2 Å². The van der Waals surface area contributed by atoms with Crippen molar-refractivity contribution in [3.8, 4) is 5.75 Å². The van der Waals surface area contributed by atoms with E-state index < -0.39 is 11.4 Å². The minimum Gasteiger partial charge on any atom is -0.497 e. The number of carbonyl (C=O) groups excluding carboxylic acids is 1. The van der Waals surface area contributed by atoms with Crippen LogP contribution in [-0.4, -0.2) is 24.3 Å². The van der Waals surface area contributed by atoms with Crippen molar-refractivity contribution in [1.82, 2.24) is 0 Å². The zero-order valence-corrected chi connectivity index (χ0v) is 12.3. The number of thioether (sulfide) groups is 1. The number of nitrogens with two attached hydrogens (primary N) is 2. The summed E-state index contributed by atoms with van der Waals surface area (Å²) < 4.78 is 5.17. The molecule has 4 N–H and O–H groups in total. The van der Waals surface area contributed by atoms with Crippen LogP contribution in [0.25, 0.3) is 0 Å². The van der Waals surface area contributed by atoms with Gasteiger partial charge in [0.05, 0.1) is 12.6 Å². The smallest absolute Gasteiger partial charge is 0.237 e. The van der Waals surface area contributed by atoms with Crippen LogP contribution in [0.5, 0.6) is 5.75 Å². The molecule has 0 aliphatic carbocycles. The summed E-state index contributed by atoms with van der Waals surface area (Å²) in [6.07, 6.45) is 2.52. The van der Waals surface area contributed by atoms with Gasteiger partial charge in [0.25, 0.3) is 0 Å². The number of hydrogen-bond acceptors (Lipinski definition) is 4. The Hall–Kier alpha value is -1.20. The topological polar surface area (TPSA) is 78.3 Å². The van der Waals surface area contributed by atoms with Crippen LogP contribution in [0.4, 0.5) is 0 Å². The average molecular weight is 282 g/mol. The van der Waals surface area contributed by atoms with Crippen molar-refractivity contribution >= 4 is 17.7 Å². The standard InChI is InChI=1S/C14H22N2O2S/c1-14(16,13(15)17)8-3-4-9-19-12-7-5-6-11(10-12)18-2/h5-7,10H,3-4,8-9,16H2,1-2H3,(H2,15,17). The molecule has 1 amide bonds. The van der Waals surface area contributed by atoms with Crippen molar-refractivity contribution in [1.29, 1.82) is 0 Å². The quantitative estimate of drug-likeness (QED) is 0.566. The number of methoxy groups -OCH3 is 1. The van der Waals surface area contributed by atoms with Gasteiger partial charge in [0.15, 0.2) is 0 Å². The maximum absolute atomic E-state index is 11.1. The number of primary amides is 1. The van der Waals surface area contributed by atoms with Crippen LogP contribution in [0.2, 0.25) is 0 Å². The van der Waals surface area contributed by atoms with Gasteiger partial charge in [0.1, 0.15) is 5.75 Å².